The van der Waals surface area contributed by atoms with Crippen LogP contribution in [-0.2, 0) is 14.3 Å². The van der Waals surface area contributed by atoms with Gasteiger partial charge in [0.2, 0.25) is 0 Å². The molecule has 0 heterocycles. The summed E-state index contributed by atoms with van der Waals surface area (Å²) in [6.07, 6.45) is 10.4. The molecule has 0 aromatic rings. The first-order chi connectivity index (χ1) is 11.1. The number of methoxy groups -OCH3 is 1. The average Bonchev–Trinajstić information content (AvgIpc) is 2.59. The van der Waals surface area contributed by atoms with Gasteiger partial charge in [-0.2, -0.15) is 0 Å². The molecule has 2 aliphatic rings. The minimum atomic E-state index is -0.721. The fraction of sp³-hybridized carbons (Fsp3) is 0.647. The van der Waals surface area contributed by atoms with E-state index in [1.165, 1.54) is 7.11 Å². The molecule has 2 aliphatic carbocycles. The molecule has 6 heteroatoms. The molecule has 0 spiro atoms. The summed E-state index contributed by atoms with van der Waals surface area (Å²) in [5.74, 6) is -0.327. The Hall–Kier alpha value is -1.82. The van der Waals surface area contributed by atoms with Crippen molar-refractivity contribution in [1.82, 2.24) is 5.32 Å². The summed E-state index contributed by atoms with van der Waals surface area (Å²) in [6, 6.07) is -0.721. The topological polar surface area (TPSA) is 84.9 Å². The van der Waals surface area contributed by atoms with E-state index in [9.17, 15) is 14.7 Å². The van der Waals surface area contributed by atoms with Gasteiger partial charge in [-0.1, -0.05) is 24.3 Å². The number of alkyl carbamates (subject to hydrolysis) is 1. The maximum absolute atomic E-state index is 12.0. The Balaban J connectivity index is 1.84. The highest BCUT2D eigenvalue weighted by Crippen LogP contribution is 2.27. The molecule has 128 valence electrons. The largest absolute Gasteiger partial charge is 0.467 e. The number of aliphatic hydroxyl groups excluding tert-OH is 1. The van der Waals surface area contributed by atoms with E-state index in [2.05, 4.69) is 5.32 Å². The third-order valence-electron chi connectivity index (χ3n) is 4.44. The zero-order valence-electron chi connectivity index (χ0n) is 13.4. The lowest BCUT2D eigenvalue weighted by atomic mass is 9.82. The quantitative estimate of drug-likeness (QED) is 0.755. The van der Waals surface area contributed by atoms with Crippen LogP contribution >= 0.6 is 0 Å². The van der Waals surface area contributed by atoms with E-state index < -0.39 is 18.1 Å². The SMILES string of the molecule is COC(=O)C(NC(=O)OCC1C=CC=CC1)C1CCC(O)CC1. The Morgan fingerprint density at radius 1 is 1.26 bits per heavy atom. The van der Waals surface area contributed by atoms with E-state index in [0.29, 0.717) is 25.7 Å². The van der Waals surface area contributed by atoms with Crippen molar-refractivity contribution in [3.63, 3.8) is 0 Å². The fourth-order valence-electron chi connectivity index (χ4n) is 3.04. The molecule has 0 bridgehead atoms. The van der Waals surface area contributed by atoms with Gasteiger partial charge in [0, 0.05) is 5.92 Å². The molecular weight excluding hydrogens is 298 g/mol. The second-order valence-electron chi connectivity index (χ2n) is 6.12. The number of ether oxygens (including phenoxy) is 2. The van der Waals surface area contributed by atoms with Crippen LogP contribution in [0.2, 0.25) is 0 Å². The first kappa shape index (κ1) is 17.5. The number of carbonyl (C=O) groups is 2. The molecule has 1 saturated carbocycles. The number of aliphatic hydroxyl groups is 1. The Labute approximate surface area is 136 Å². The second kappa shape index (κ2) is 8.72. The van der Waals surface area contributed by atoms with Crippen LogP contribution in [0.15, 0.2) is 24.3 Å². The number of amides is 1. The predicted molar refractivity (Wildman–Crippen MR) is 84.6 cm³/mol. The molecule has 0 aromatic carbocycles. The van der Waals surface area contributed by atoms with Crippen LogP contribution in [0.3, 0.4) is 0 Å². The van der Waals surface area contributed by atoms with E-state index in [0.717, 1.165) is 6.42 Å². The zero-order valence-corrected chi connectivity index (χ0v) is 13.4. The maximum Gasteiger partial charge on any atom is 0.407 e. The van der Waals surface area contributed by atoms with E-state index in [1.807, 2.05) is 24.3 Å². The molecule has 2 N–H and O–H groups in total. The molecule has 2 rings (SSSR count). The van der Waals surface area contributed by atoms with Gasteiger partial charge < -0.3 is 19.9 Å². The summed E-state index contributed by atoms with van der Waals surface area (Å²) in [5.41, 5.74) is 0. The van der Waals surface area contributed by atoms with Crippen LogP contribution in [-0.4, -0.2) is 43.0 Å². The number of rotatable bonds is 5. The van der Waals surface area contributed by atoms with Crippen molar-refractivity contribution in [3.8, 4) is 0 Å². The molecule has 2 unspecified atom stereocenters. The fourth-order valence-corrected chi connectivity index (χ4v) is 3.04. The predicted octanol–water partition coefficient (Wildman–Crippen LogP) is 1.94. The van der Waals surface area contributed by atoms with Crippen LogP contribution in [0.1, 0.15) is 32.1 Å². The Kier molecular flexibility index (Phi) is 6.65. The minimum Gasteiger partial charge on any atom is -0.467 e. The van der Waals surface area contributed by atoms with Gasteiger partial charge >= 0.3 is 12.1 Å². The molecule has 1 fully saturated rings. The number of nitrogens with one attached hydrogen (secondary N) is 1. The molecule has 0 saturated heterocycles. The molecule has 1 amide bonds. The Morgan fingerprint density at radius 2 is 2.00 bits per heavy atom. The zero-order chi connectivity index (χ0) is 16.7. The van der Waals surface area contributed by atoms with Crippen LogP contribution in [0.5, 0.6) is 0 Å². The van der Waals surface area contributed by atoms with Crippen LogP contribution in [0.25, 0.3) is 0 Å². The van der Waals surface area contributed by atoms with Crippen molar-refractivity contribution in [2.24, 2.45) is 11.8 Å². The summed E-state index contributed by atoms with van der Waals surface area (Å²) in [7, 11) is 1.30. The van der Waals surface area contributed by atoms with E-state index in [-0.39, 0.29) is 24.5 Å². The van der Waals surface area contributed by atoms with Gasteiger partial charge in [-0.25, -0.2) is 9.59 Å². The van der Waals surface area contributed by atoms with Gasteiger partial charge in [0.1, 0.15) is 6.04 Å². The van der Waals surface area contributed by atoms with Gasteiger partial charge in [-0.15, -0.1) is 0 Å². The van der Waals surface area contributed by atoms with E-state index >= 15 is 0 Å². The Morgan fingerprint density at radius 3 is 2.61 bits per heavy atom. The number of esters is 1. The smallest absolute Gasteiger partial charge is 0.407 e. The minimum absolute atomic E-state index is 0.0316. The van der Waals surface area contributed by atoms with Crippen LogP contribution in [0.4, 0.5) is 4.79 Å². The lowest BCUT2D eigenvalue weighted by Gasteiger charge is -2.30. The van der Waals surface area contributed by atoms with Crippen molar-refractivity contribution in [2.75, 3.05) is 13.7 Å². The molecule has 2 atom stereocenters. The molecule has 6 nitrogen and oxygen atoms in total. The van der Waals surface area contributed by atoms with Gasteiger partial charge in [-0.3, -0.25) is 0 Å². The molecule has 0 radical (unpaired) electrons. The lowest BCUT2D eigenvalue weighted by Crippen LogP contribution is -2.48. The van der Waals surface area contributed by atoms with Gasteiger partial charge in [-0.05, 0) is 38.0 Å². The molecular formula is C17H25NO5. The van der Waals surface area contributed by atoms with Crippen LogP contribution < -0.4 is 5.32 Å². The molecule has 0 aromatic heterocycles. The molecule has 0 aliphatic heterocycles. The van der Waals surface area contributed by atoms with Crippen molar-refractivity contribution in [1.29, 1.82) is 0 Å². The van der Waals surface area contributed by atoms with Crippen LogP contribution in [0, 0.1) is 11.8 Å². The van der Waals surface area contributed by atoms with Crippen molar-refractivity contribution in [2.45, 2.75) is 44.2 Å². The summed E-state index contributed by atoms with van der Waals surface area (Å²) in [5, 5.41) is 12.2. The number of carbonyl (C=O) groups excluding carboxylic acids is 2. The Bertz CT molecular complexity index is 466. The van der Waals surface area contributed by atoms with Crippen molar-refractivity contribution < 1.29 is 24.2 Å². The van der Waals surface area contributed by atoms with Crippen molar-refractivity contribution >= 4 is 12.1 Å². The van der Waals surface area contributed by atoms with Gasteiger partial charge in [0.25, 0.3) is 0 Å². The summed E-state index contributed by atoms with van der Waals surface area (Å²) >= 11 is 0. The highest BCUT2D eigenvalue weighted by Gasteiger charge is 2.34. The highest BCUT2D eigenvalue weighted by molar-refractivity contribution is 5.81. The normalized spacial score (nSPS) is 28.0. The first-order valence-electron chi connectivity index (χ1n) is 8.12. The number of hydrogen-bond donors (Lipinski definition) is 2. The third kappa shape index (κ3) is 5.39. The highest BCUT2D eigenvalue weighted by atomic mass is 16.6. The second-order valence-corrected chi connectivity index (χ2v) is 6.12. The summed E-state index contributed by atoms with van der Waals surface area (Å²) < 4.78 is 10.0. The monoisotopic (exact) mass is 323 g/mol. The van der Waals surface area contributed by atoms with Gasteiger partial charge in [0.15, 0.2) is 0 Å². The van der Waals surface area contributed by atoms with E-state index in [1.54, 1.807) is 0 Å². The number of hydrogen-bond acceptors (Lipinski definition) is 5. The number of allylic oxidation sites excluding steroid dienone is 3. The van der Waals surface area contributed by atoms with E-state index in [4.69, 9.17) is 9.47 Å². The summed E-state index contributed by atoms with van der Waals surface area (Å²) in [6.45, 7) is 0.282. The standard InChI is InChI=1S/C17H25NO5/c1-22-16(20)15(13-7-9-14(19)10-8-13)18-17(21)23-11-12-5-3-2-4-6-12/h2-5,12-15,19H,6-11H2,1H3,(H,18,21). The third-order valence-corrected chi connectivity index (χ3v) is 4.44. The maximum atomic E-state index is 12.0. The summed E-state index contributed by atoms with van der Waals surface area (Å²) in [4.78, 5) is 23.9. The first-order valence-corrected chi connectivity index (χ1v) is 8.12. The molecule has 23 heavy (non-hydrogen) atoms. The lowest BCUT2D eigenvalue weighted by molar-refractivity contribution is -0.145. The average molecular weight is 323 g/mol. The van der Waals surface area contributed by atoms with Gasteiger partial charge in [0.05, 0.1) is 19.8 Å². The van der Waals surface area contributed by atoms with Crippen molar-refractivity contribution in [3.05, 3.63) is 24.3 Å².